The van der Waals surface area contributed by atoms with Crippen LogP contribution in [0.1, 0.15) is 46.1 Å². The van der Waals surface area contributed by atoms with Crippen LogP contribution in [0.25, 0.3) is 11.0 Å². The Bertz CT molecular complexity index is 1110. The molecule has 1 aliphatic rings. The van der Waals surface area contributed by atoms with Crippen LogP contribution in [0.15, 0.2) is 54.6 Å². The van der Waals surface area contributed by atoms with E-state index in [0.29, 0.717) is 19.8 Å². The van der Waals surface area contributed by atoms with E-state index in [4.69, 9.17) is 14.5 Å². The Morgan fingerprint density at radius 1 is 1.11 bits per heavy atom. The van der Waals surface area contributed by atoms with Crippen molar-refractivity contribution >= 4 is 23.1 Å². The number of hydrogen-bond donors (Lipinski definition) is 1. The third-order valence-corrected chi connectivity index (χ3v) is 6.31. The maximum atomic E-state index is 13.1. The minimum atomic E-state index is -0.519. The summed E-state index contributed by atoms with van der Waals surface area (Å²) in [6.07, 6.45) is 2.21. The molecule has 0 bridgehead atoms. The molecule has 7 heteroatoms. The van der Waals surface area contributed by atoms with Crippen LogP contribution in [0.5, 0.6) is 0 Å². The molecule has 1 amide bonds. The number of nitrogens with one attached hydrogen (secondary N) is 1. The van der Waals surface area contributed by atoms with E-state index < -0.39 is 5.60 Å². The van der Waals surface area contributed by atoms with E-state index in [-0.39, 0.29) is 18.2 Å². The van der Waals surface area contributed by atoms with E-state index in [2.05, 4.69) is 28.1 Å². The zero-order valence-electron chi connectivity index (χ0n) is 21.4. The molecule has 2 heterocycles. The second kappa shape index (κ2) is 11.1. The van der Waals surface area contributed by atoms with Crippen molar-refractivity contribution in [3.63, 3.8) is 0 Å². The number of imidazole rings is 1. The third kappa shape index (κ3) is 6.54. The lowest BCUT2D eigenvalue weighted by Crippen LogP contribution is -2.51. The standard InChI is InChI=1S/C28H38N4O3/c1-5-34-18-17-32-25-14-10-9-13-24(25)30-26(32)29-22-15-16-31(27(33)35-28(2,3)4)23(20-22)19-21-11-7-6-8-12-21/h6-14,22-23H,5,15-20H2,1-4H3,(H,29,30). The molecule has 4 rings (SSSR count). The van der Waals surface area contributed by atoms with Gasteiger partial charge in [0.2, 0.25) is 5.95 Å². The normalized spacial score (nSPS) is 18.6. The summed E-state index contributed by atoms with van der Waals surface area (Å²) in [5.41, 5.74) is 2.77. The predicted molar refractivity (Wildman–Crippen MR) is 140 cm³/mol. The van der Waals surface area contributed by atoms with E-state index in [1.54, 1.807) is 0 Å². The highest BCUT2D eigenvalue weighted by molar-refractivity contribution is 5.78. The smallest absolute Gasteiger partial charge is 0.410 e. The van der Waals surface area contributed by atoms with Crippen molar-refractivity contribution in [2.24, 2.45) is 0 Å². The monoisotopic (exact) mass is 478 g/mol. The molecular weight excluding hydrogens is 440 g/mol. The molecule has 1 aliphatic heterocycles. The summed E-state index contributed by atoms with van der Waals surface area (Å²) in [7, 11) is 0. The second-order valence-electron chi connectivity index (χ2n) is 10.2. The minimum Gasteiger partial charge on any atom is -0.444 e. The van der Waals surface area contributed by atoms with Crippen LogP contribution in [0.4, 0.5) is 10.7 Å². The van der Waals surface area contributed by atoms with Crippen molar-refractivity contribution in [3.8, 4) is 0 Å². The van der Waals surface area contributed by atoms with Gasteiger partial charge in [-0.25, -0.2) is 9.78 Å². The van der Waals surface area contributed by atoms with Gasteiger partial charge in [0.25, 0.3) is 0 Å². The molecule has 3 aromatic rings. The maximum Gasteiger partial charge on any atom is 0.410 e. The lowest BCUT2D eigenvalue weighted by Gasteiger charge is -2.40. The average Bonchev–Trinajstić information content (AvgIpc) is 3.16. The molecule has 1 fully saturated rings. The molecule has 7 nitrogen and oxygen atoms in total. The maximum absolute atomic E-state index is 13.1. The van der Waals surface area contributed by atoms with Crippen LogP contribution < -0.4 is 5.32 Å². The van der Waals surface area contributed by atoms with E-state index in [0.717, 1.165) is 42.8 Å². The highest BCUT2D eigenvalue weighted by Crippen LogP contribution is 2.27. The van der Waals surface area contributed by atoms with Gasteiger partial charge in [-0.2, -0.15) is 0 Å². The molecule has 2 aromatic carbocycles. The van der Waals surface area contributed by atoms with Gasteiger partial charge in [0.15, 0.2) is 0 Å². The van der Waals surface area contributed by atoms with E-state index in [1.807, 2.05) is 69.0 Å². The molecule has 1 aromatic heterocycles. The van der Waals surface area contributed by atoms with Crippen LogP contribution in [0.3, 0.4) is 0 Å². The van der Waals surface area contributed by atoms with Gasteiger partial charge in [-0.05, 0) is 64.7 Å². The van der Waals surface area contributed by atoms with E-state index in [1.165, 1.54) is 5.56 Å². The summed E-state index contributed by atoms with van der Waals surface area (Å²) >= 11 is 0. The van der Waals surface area contributed by atoms with Crippen LogP contribution >= 0.6 is 0 Å². The number of aromatic nitrogens is 2. The Morgan fingerprint density at radius 3 is 2.60 bits per heavy atom. The first kappa shape index (κ1) is 25.0. The number of ether oxygens (including phenoxy) is 2. The van der Waals surface area contributed by atoms with E-state index >= 15 is 0 Å². The molecule has 0 spiro atoms. The largest absolute Gasteiger partial charge is 0.444 e. The number of para-hydroxylation sites is 2. The van der Waals surface area contributed by atoms with Gasteiger partial charge in [-0.15, -0.1) is 0 Å². The molecule has 35 heavy (non-hydrogen) atoms. The fourth-order valence-corrected chi connectivity index (χ4v) is 4.72. The fourth-order valence-electron chi connectivity index (χ4n) is 4.72. The number of fused-ring (bicyclic) bond motifs is 1. The van der Waals surface area contributed by atoms with Crippen molar-refractivity contribution in [1.82, 2.24) is 14.5 Å². The molecular formula is C28H38N4O3. The molecule has 0 radical (unpaired) electrons. The molecule has 1 N–H and O–H groups in total. The van der Waals surface area contributed by atoms with Gasteiger partial charge >= 0.3 is 6.09 Å². The van der Waals surface area contributed by atoms with Crippen LogP contribution in [0.2, 0.25) is 0 Å². The highest BCUT2D eigenvalue weighted by atomic mass is 16.6. The first-order valence-electron chi connectivity index (χ1n) is 12.7. The number of amides is 1. The lowest BCUT2D eigenvalue weighted by atomic mass is 9.92. The number of hydrogen-bond acceptors (Lipinski definition) is 5. The molecule has 2 unspecified atom stereocenters. The molecule has 188 valence electrons. The van der Waals surface area contributed by atoms with Crippen molar-refractivity contribution in [3.05, 3.63) is 60.2 Å². The van der Waals surface area contributed by atoms with Crippen molar-refractivity contribution in [2.75, 3.05) is 25.1 Å². The minimum absolute atomic E-state index is 0.0414. The second-order valence-corrected chi connectivity index (χ2v) is 10.2. The average molecular weight is 479 g/mol. The van der Waals surface area contributed by atoms with Gasteiger partial charge in [0, 0.05) is 31.8 Å². The van der Waals surface area contributed by atoms with Gasteiger partial charge in [-0.1, -0.05) is 42.5 Å². The molecule has 0 saturated carbocycles. The van der Waals surface area contributed by atoms with Gasteiger partial charge in [-0.3, -0.25) is 0 Å². The Kier molecular flexibility index (Phi) is 7.96. The quantitative estimate of drug-likeness (QED) is 0.433. The third-order valence-electron chi connectivity index (χ3n) is 6.31. The number of carbonyl (C=O) groups excluding carboxylic acids is 1. The predicted octanol–water partition coefficient (Wildman–Crippen LogP) is 5.50. The summed E-state index contributed by atoms with van der Waals surface area (Å²) in [4.78, 5) is 19.8. The van der Waals surface area contributed by atoms with Crippen molar-refractivity contribution in [2.45, 2.75) is 71.2 Å². The number of nitrogens with zero attached hydrogens (tertiary/aromatic N) is 3. The first-order chi connectivity index (χ1) is 16.8. The van der Waals surface area contributed by atoms with E-state index in [9.17, 15) is 4.79 Å². The Labute approximate surface area is 208 Å². The number of likely N-dealkylation sites (tertiary alicyclic amines) is 1. The number of rotatable bonds is 8. The number of anilines is 1. The summed E-state index contributed by atoms with van der Waals surface area (Å²) in [5.74, 6) is 0.861. The number of piperidine rings is 1. The Hall–Kier alpha value is -3.06. The van der Waals surface area contributed by atoms with Gasteiger partial charge < -0.3 is 24.3 Å². The lowest BCUT2D eigenvalue weighted by molar-refractivity contribution is 0.00899. The summed E-state index contributed by atoms with van der Waals surface area (Å²) in [6, 6.07) is 18.8. The zero-order chi connectivity index (χ0) is 24.8. The van der Waals surface area contributed by atoms with Gasteiger partial charge in [0.1, 0.15) is 5.60 Å². The Morgan fingerprint density at radius 2 is 1.86 bits per heavy atom. The van der Waals surface area contributed by atoms with Crippen molar-refractivity contribution in [1.29, 1.82) is 0 Å². The summed E-state index contributed by atoms with van der Waals surface area (Å²) < 4.78 is 13.6. The molecule has 2 atom stereocenters. The molecule has 1 saturated heterocycles. The van der Waals surface area contributed by atoms with Gasteiger partial charge in [0.05, 0.1) is 17.6 Å². The molecule has 0 aliphatic carbocycles. The number of carbonyl (C=O) groups is 1. The fraction of sp³-hybridized carbons (Fsp3) is 0.500. The first-order valence-corrected chi connectivity index (χ1v) is 12.7. The summed E-state index contributed by atoms with van der Waals surface area (Å²) in [5, 5.41) is 3.71. The van der Waals surface area contributed by atoms with Crippen molar-refractivity contribution < 1.29 is 14.3 Å². The highest BCUT2D eigenvalue weighted by Gasteiger charge is 2.34. The topological polar surface area (TPSA) is 68.6 Å². The number of benzene rings is 2. The van der Waals surface area contributed by atoms with Crippen LogP contribution in [-0.4, -0.2) is 58.0 Å². The summed E-state index contributed by atoms with van der Waals surface area (Å²) in [6.45, 7) is 10.5. The SMILES string of the molecule is CCOCCn1c(NC2CCN(C(=O)OC(C)(C)C)C(Cc3ccccc3)C2)nc2ccccc21. The van der Waals surface area contributed by atoms with Crippen LogP contribution in [-0.2, 0) is 22.4 Å². The Balaban J connectivity index is 1.54. The van der Waals surface area contributed by atoms with Crippen LogP contribution in [0, 0.1) is 0 Å². The zero-order valence-corrected chi connectivity index (χ0v) is 21.4.